The van der Waals surface area contributed by atoms with Crippen molar-refractivity contribution < 1.29 is 9.53 Å². The summed E-state index contributed by atoms with van der Waals surface area (Å²) in [7, 11) is 0. The van der Waals surface area contributed by atoms with Gasteiger partial charge in [0.2, 0.25) is 0 Å². The first kappa shape index (κ1) is 13.6. The lowest BCUT2D eigenvalue weighted by Gasteiger charge is -2.27. The number of rotatable bonds is 3. The van der Waals surface area contributed by atoms with Crippen molar-refractivity contribution in [3.8, 4) is 6.07 Å². The Kier molecular flexibility index (Phi) is 4.57. The zero-order valence-corrected chi connectivity index (χ0v) is 11.3. The fourth-order valence-corrected chi connectivity index (χ4v) is 2.56. The number of nitriles is 1. The van der Waals surface area contributed by atoms with E-state index in [0.717, 1.165) is 31.6 Å². The predicted molar refractivity (Wildman–Crippen MR) is 72.6 cm³/mol. The fourth-order valence-electron chi connectivity index (χ4n) is 2.56. The molecule has 3 heteroatoms. The maximum absolute atomic E-state index is 12.0. The summed E-state index contributed by atoms with van der Waals surface area (Å²) in [5, 5.41) is 8.71. The molecule has 0 aliphatic heterocycles. The van der Waals surface area contributed by atoms with Gasteiger partial charge < -0.3 is 4.74 Å². The van der Waals surface area contributed by atoms with Crippen LogP contribution < -0.4 is 0 Å². The Bertz CT molecular complexity index is 465. The average Bonchev–Trinajstić information content (AvgIpc) is 2.48. The van der Waals surface area contributed by atoms with Crippen molar-refractivity contribution in [1.29, 1.82) is 5.26 Å². The standard InChI is InChI=1S/C16H19NO2/c1-2-12-5-9-15(10-6-12)19-16(18)14-7-3-13(11-17)4-8-14/h3-4,7-8,12,15H,2,5-6,9-10H2,1H3. The van der Waals surface area contributed by atoms with Crippen LogP contribution in [-0.4, -0.2) is 12.1 Å². The lowest BCUT2D eigenvalue weighted by molar-refractivity contribution is 0.0164. The SMILES string of the molecule is CCC1CCC(OC(=O)c2ccc(C#N)cc2)CC1. The molecule has 0 radical (unpaired) electrons. The van der Waals surface area contributed by atoms with Crippen LogP contribution in [-0.2, 0) is 4.74 Å². The molecule has 3 nitrogen and oxygen atoms in total. The second-order valence-corrected chi connectivity index (χ2v) is 5.15. The Labute approximate surface area is 114 Å². The number of hydrogen-bond acceptors (Lipinski definition) is 3. The molecule has 1 aliphatic carbocycles. The Morgan fingerprint density at radius 1 is 1.26 bits per heavy atom. The van der Waals surface area contributed by atoms with Gasteiger partial charge in [-0.15, -0.1) is 0 Å². The second-order valence-electron chi connectivity index (χ2n) is 5.15. The van der Waals surface area contributed by atoms with Gasteiger partial charge in [0.05, 0.1) is 17.2 Å². The normalized spacial score (nSPS) is 22.5. The molecule has 1 saturated carbocycles. The summed E-state index contributed by atoms with van der Waals surface area (Å²) in [5.74, 6) is 0.523. The van der Waals surface area contributed by atoms with Crippen molar-refractivity contribution in [2.24, 2.45) is 5.92 Å². The summed E-state index contributed by atoms with van der Waals surface area (Å²) in [5.41, 5.74) is 1.08. The topological polar surface area (TPSA) is 50.1 Å². The Morgan fingerprint density at radius 3 is 2.42 bits per heavy atom. The van der Waals surface area contributed by atoms with E-state index in [9.17, 15) is 4.79 Å². The van der Waals surface area contributed by atoms with Crippen LogP contribution in [0.1, 0.15) is 54.9 Å². The summed E-state index contributed by atoms with van der Waals surface area (Å²) in [6.45, 7) is 2.22. The van der Waals surface area contributed by atoms with E-state index in [0.29, 0.717) is 11.1 Å². The predicted octanol–water partition coefficient (Wildman–Crippen LogP) is 3.68. The van der Waals surface area contributed by atoms with Crippen molar-refractivity contribution in [3.05, 3.63) is 35.4 Å². The first-order valence-electron chi connectivity index (χ1n) is 6.94. The summed E-state index contributed by atoms with van der Waals surface area (Å²) in [6.07, 6.45) is 5.53. The molecule has 0 heterocycles. The van der Waals surface area contributed by atoms with E-state index in [1.54, 1.807) is 24.3 Å². The van der Waals surface area contributed by atoms with Crippen molar-refractivity contribution >= 4 is 5.97 Å². The highest BCUT2D eigenvalue weighted by molar-refractivity contribution is 5.89. The van der Waals surface area contributed by atoms with Gasteiger partial charge in [-0.25, -0.2) is 4.79 Å². The molecule has 0 bridgehead atoms. The van der Waals surface area contributed by atoms with E-state index >= 15 is 0 Å². The van der Waals surface area contributed by atoms with E-state index in [-0.39, 0.29) is 12.1 Å². The van der Waals surface area contributed by atoms with Gasteiger partial charge in [-0.05, 0) is 55.9 Å². The van der Waals surface area contributed by atoms with E-state index in [1.807, 2.05) is 6.07 Å². The number of benzene rings is 1. The first-order valence-corrected chi connectivity index (χ1v) is 6.94. The van der Waals surface area contributed by atoms with Gasteiger partial charge in [0, 0.05) is 0 Å². The molecule has 1 fully saturated rings. The minimum atomic E-state index is -0.274. The summed E-state index contributed by atoms with van der Waals surface area (Å²) in [6, 6.07) is 8.62. The second kappa shape index (κ2) is 6.38. The summed E-state index contributed by atoms with van der Waals surface area (Å²) < 4.78 is 5.52. The van der Waals surface area contributed by atoms with Gasteiger partial charge in [0.1, 0.15) is 6.10 Å². The van der Waals surface area contributed by atoms with Crippen LogP contribution in [0.15, 0.2) is 24.3 Å². The fraction of sp³-hybridized carbons (Fsp3) is 0.500. The van der Waals surface area contributed by atoms with Gasteiger partial charge in [-0.2, -0.15) is 5.26 Å². The van der Waals surface area contributed by atoms with Crippen LogP contribution in [0.5, 0.6) is 0 Å². The molecular formula is C16H19NO2. The van der Waals surface area contributed by atoms with Gasteiger partial charge in [-0.1, -0.05) is 13.3 Å². The summed E-state index contributed by atoms with van der Waals surface area (Å²) in [4.78, 5) is 12.0. The number of carbonyl (C=O) groups is 1. The molecule has 100 valence electrons. The molecule has 0 atom stereocenters. The molecule has 0 unspecified atom stereocenters. The molecule has 0 spiro atoms. The largest absolute Gasteiger partial charge is 0.459 e. The molecule has 1 aliphatic rings. The van der Waals surface area contributed by atoms with Gasteiger partial charge in [0.25, 0.3) is 0 Å². The van der Waals surface area contributed by atoms with Crippen molar-refractivity contribution in [2.45, 2.75) is 45.1 Å². The number of esters is 1. The third-order valence-corrected chi connectivity index (χ3v) is 3.89. The van der Waals surface area contributed by atoms with Crippen molar-refractivity contribution in [2.75, 3.05) is 0 Å². The highest BCUT2D eigenvalue weighted by Crippen LogP contribution is 2.28. The van der Waals surface area contributed by atoms with Crippen LogP contribution in [0.2, 0.25) is 0 Å². The number of hydrogen-bond donors (Lipinski definition) is 0. The Balaban J connectivity index is 1.89. The minimum absolute atomic E-state index is 0.0611. The van der Waals surface area contributed by atoms with Gasteiger partial charge in [0.15, 0.2) is 0 Å². The average molecular weight is 257 g/mol. The number of nitrogens with zero attached hydrogens (tertiary/aromatic N) is 1. The maximum Gasteiger partial charge on any atom is 0.338 e. The molecule has 2 rings (SSSR count). The Morgan fingerprint density at radius 2 is 1.89 bits per heavy atom. The van der Waals surface area contributed by atoms with Crippen LogP contribution >= 0.6 is 0 Å². The lowest BCUT2D eigenvalue weighted by atomic mass is 9.86. The molecule has 19 heavy (non-hydrogen) atoms. The molecule has 0 amide bonds. The van der Waals surface area contributed by atoms with E-state index in [2.05, 4.69) is 6.92 Å². The van der Waals surface area contributed by atoms with E-state index in [1.165, 1.54) is 6.42 Å². The van der Waals surface area contributed by atoms with Crippen molar-refractivity contribution in [3.63, 3.8) is 0 Å². The van der Waals surface area contributed by atoms with Crippen LogP contribution in [0.3, 0.4) is 0 Å². The highest BCUT2D eigenvalue weighted by atomic mass is 16.5. The van der Waals surface area contributed by atoms with Gasteiger partial charge in [-0.3, -0.25) is 0 Å². The van der Waals surface area contributed by atoms with Crippen LogP contribution in [0.4, 0.5) is 0 Å². The molecule has 0 aromatic heterocycles. The van der Waals surface area contributed by atoms with Crippen LogP contribution in [0, 0.1) is 17.2 Å². The van der Waals surface area contributed by atoms with Gasteiger partial charge >= 0.3 is 5.97 Å². The maximum atomic E-state index is 12.0. The highest BCUT2D eigenvalue weighted by Gasteiger charge is 2.23. The minimum Gasteiger partial charge on any atom is -0.459 e. The zero-order chi connectivity index (χ0) is 13.7. The summed E-state index contributed by atoms with van der Waals surface area (Å²) >= 11 is 0. The first-order chi connectivity index (χ1) is 9.22. The zero-order valence-electron chi connectivity index (χ0n) is 11.3. The molecular weight excluding hydrogens is 238 g/mol. The third-order valence-electron chi connectivity index (χ3n) is 3.89. The Hall–Kier alpha value is -1.82. The molecule has 0 saturated heterocycles. The quantitative estimate of drug-likeness (QED) is 0.776. The molecule has 1 aromatic carbocycles. The van der Waals surface area contributed by atoms with E-state index < -0.39 is 0 Å². The molecule has 1 aromatic rings. The smallest absolute Gasteiger partial charge is 0.338 e. The monoisotopic (exact) mass is 257 g/mol. The lowest BCUT2D eigenvalue weighted by Crippen LogP contribution is -2.24. The van der Waals surface area contributed by atoms with Crippen molar-refractivity contribution in [1.82, 2.24) is 0 Å². The number of carbonyl (C=O) groups excluding carboxylic acids is 1. The third kappa shape index (κ3) is 3.57. The number of ether oxygens (including phenoxy) is 1. The van der Waals surface area contributed by atoms with Crippen LogP contribution in [0.25, 0.3) is 0 Å². The van der Waals surface area contributed by atoms with E-state index in [4.69, 9.17) is 10.00 Å². The molecule has 0 N–H and O–H groups in total.